The molecule has 0 fully saturated rings. The number of hydrogen-bond acceptors (Lipinski definition) is 4. The normalized spacial score (nSPS) is 10.3. The monoisotopic (exact) mass is 239 g/mol. The first-order chi connectivity index (χ1) is 7.18. The largest absolute Gasteiger partial charge is 0.489 e. The van der Waals surface area contributed by atoms with E-state index in [-0.39, 0.29) is 0 Å². The van der Waals surface area contributed by atoms with Crippen molar-refractivity contribution in [3.8, 4) is 10.6 Å². The minimum atomic E-state index is -1.56. The molecule has 0 unspecified atom stereocenters. The molecule has 2 aromatic rings. The van der Waals surface area contributed by atoms with Crippen molar-refractivity contribution < 1.29 is 10.0 Å². The summed E-state index contributed by atoms with van der Waals surface area (Å²) in [6, 6.07) is 5.06. The number of thiazole rings is 1. The Morgan fingerprint density at radius 1 is 1.33 bits per heavy atom. The summed E-state index contributed by atoms with van der Waals surface area (Å²) in [6.45, 7) is 0. The highest BCUT2D eigenvalue weighted by atomic mass is 35.5. The fourth-order valence-corrected chi connectivity index (χ4v) is 2.09. The Kier molecular flexibility index (Phi) is 3.07. The number of halogens is 1. The van der Waals surface area contributed by atoms with Gasteiger partial charge in [-0.2, -0.15) is 0 Å². The average molecular weight is 239 g/mol. The van der Waals surface area contributed by atoms with Crippen LogP contribution in [-0.2, 0) is 0 Å². The Bertz CT molecular complexity index is 461. The quantitative estimate of drug-likeness (QED) is 0.773. The van der Waals surface area contributed by atoms with Crippen molar-refractivity contribution in [3.05, 3.63) is 34.8 Å². The summed E-state index contributed by atoms with van der Waals surface area (Å²) in [5.41, 5.74) is 1.13. The van der Waals surface area contributed by atoms with E-state index in [1.807, 2.05) is 5.38 Å². The molecule has 0 spiro atoms. The Balaban J connectivity index is 2.48. The summed E-state index contributed by atoms with van der Waals surface area (Å²) in [5.74, 6) is 0. The predicted molar refractivity (Wildman–Crippen MR) is 62.4 cm³/mol. The van der Waals surface area contributed by atoms with Gasteiger partial charge in [0.25, 0.3) is 0 Å². The van der Waals surface area contributed by atoms with E-state index in [1.54, 1.807) is 24.4 Å². The zero-order valence-electron chi connectivity index (χ0n) is 7.59. The van der Waals surface area contributed by atoms with Crippen LogP contribution >= 0.6 is 22.9 Å². The lowest BCUT2D eigenvalue weighted by Crippen LogP contribution is -2.30. The van der Waals surface area contributed by atoms with Gasteiger partial charge in [0, 0.05) is 27.6 Å². The maximum Gasteiger partial charge on any atom is 0.489 e. The zero-order valence-corrected chi connectivity index (χ0v) is 9.16. The average Bonchev–Trinajstić information content (AvgIpc) is 2.71. The first-order valence-electron chi connectivity index (χ1n) is 4.24. The van der Waals surface area contributed by atoms with Crippen LogP contribution in [0, 0.1) is 0 Å². The summed E-state index contributed by atoms with van der Waals surface area (Å²) in [5, 5.41) is 21.2. The first kappa shape index (κ1) is 10.6. The van der Waals surface area contributed by atoms with Crippen LogP contribution in [0.1, 0.15) is 0 Å². The summed E-state index contributed by atoms with van der Waals surface area (Å²) in [6.07, 6.45) is 1.70. The van der Waals surface area contributed by atoms with Gasteiger partial charge in [-0.1, -0.05) is 23.7 Å². The van der Waals surface area contributed by atoms with Crippen LogP contribution in [0.5, 0.6) is 0 Å². The fraction of sp³-hybridized carbons (Fsp3) is 0. The van der Waals surface area contributed by atoms with E-state index in [4.69, 9.17) is 21.6 Å². The van der Waals surface area contributed by atoms with Crippen molar-refractivity contribution in [3.63, 3.8) is 0 Å². The van der Waals surface area contributed by atoms with E-state index in [0.717, 1.165) is 10.6 Å². The highest BCUT2D eigenvalue weighted by Crippen LogP contribution is 2.22. The van der Waals surface area contributed by atoms with E-state index < -0.39 is 7.12 Å². The number of nitrogens with zero attached hydrogens (tertiary/aromatic N) is 1. The molecule has 1 aromatic carbocycles. The number of benzene rings is 1. The van der Waals surface area contributed by atoms with Gasteiger partial charge in [0.1, 0.15) is 5.01 Å². The van der Waals surface area contributed by atoms with E-state index in [0.29, 0.717) is 10.5 Å². The van der Waals surface area contributed by atoms with Crippen molar-refractivity contribution in [2.75, 3.05) is 0 Å². The molecular weight excluding hydrogens is 232 g/mol. The molecule has 6 heteroatoms. The lowest BCUT2D eigenvalue weighted by molar-refractivity contribution is 0.426. The molecule has 3 nitrogen and oxygen atoms in total. The number of hydrogen-bond donors (Lipinski definition) is 2. The molecule has 0 saturated heterocycles. The third kappa shape index (κ3) is 2.21. The predicted octanol–water partition coefficient (Wildman–Crippen LogP) is 1.14. The van der Waals surface area contributed by atoms with Crippen molar-refractivity contribution in [2.24, 2.45) is 0 Å². The van der Waals surface area contributed by atoms with Gasteiger partial charge < -0.3 is 10.0 Å². The molecular formula is C9H7BClNO2S. The van der Waals surface area contributed by atoms with E-state index >= 15 is 0 Å². The minimum Gasteiger partial charge on any atom is -0.423 e. The standard InChI is InChI=1S/C9H7BClNO2S/c11-8-2-1-6(5-7(8)10(13)14)9-12-3-4-15-9/h1-5,13-14H. The topological polar surface area (TPSA) is 53.4 Å². The Morgan fingerprint density at radius 2 is 2.13 bits per heavy atom. The lowest BCUT2D eigenvalue weighted by atomic mass is 9.79. The molecule has 0 bridgehead atoms. The van der Waals surface area contributed by atoms with Crippen molar-refractivity contribution in [1.29, 1.82) is 0 Å². The Morgan fingerprint density at radius 3 is 2.73 bits per heavy atom. The van der Waals surface area contributed by atoms with E-state index in [9.17, 15) is 0 Å². The summed E-state index contributed by atoms with van der Waals surface area (Å²) >= 11 is 7.30. The second kappa shape index (κ2) is 4.32. The van der Waals surface area contributed by atoms with Gasteiger partial charge in [-0.25, -0.2) is 4.98 Å². The molecule has 0 aliphatic heterocycles. The highest BCUT2D eigenvalue weighted by Gasteiger charge is 2.16. The van der Waals surface area contributed by atoms with E-state index in [1.165, 1.54) is 11.3 Å². The molecule has 0 atom stereocenters. The molecule has 76 valence electrons. The van der Waals surface area contributed by atoms with Crippen molar-refractivity contribution >= 4 is 35.5 Å². The van der Waals surface area contributed by atoms with Crippen LogP contribution in [0.2, 0.25) is 5.02 Å². The van der Waals surface area contributed by atoms with Crippen LogP contribution < -0.4 is 5.46 Å². The molecule has 1 heterocycles. The van der Waals surface area contributed by atoms with Gasteiger partial charge in [-0.15, -0.1) is 11.3 Å². The maximum atomic E-state index is 9.08. The first-order valence-corrected chi connectivity index (χ1v) is 5.49. The van der Waals surface area contributed by atoms with Crippen molar-refractivity contribution in [2.45, 2.75) is 0 Å². The summed E-state index contributed by atoms with van der Waals surface area (Å²) < 4.78 is 0. The van der Waals surface area contributed by atoms with Crippen LogP contribution in [0.3, 0.4) is 0 Å². The molecule has 2 N–H and O–H groups in total. The fourth-order valence-electron chi connectivity index (χ4n) is 1.24. The summed E-state index contributed by atoms with van der Waals surface area (Å²) in [7, 11) is -1.56. The third-order valence-corrected chi connectivity index (χ3v) is 3.12. The Hall–Kier alpha value is -0.875. The van der Waals surface area contributed by atoms with Gasteiger partial charge >= 0.3 is 7.12 Å². The molecule has 0 amide bonds. The molecule has 1 aromatic heterocycles. The van der Waals surface area contributed by atoms with Crippen LogP contribution in [0.25, 0.3) is 10.6 Å². The third-order valence-electron chi connectivity index (χ3n) is 1.95. The van der Waals surface area contributed by atoms with Crippen LogP contribution in [0.4, 0.5) is 0 Å². The SMILES string of the molecule is OB(O)c1cc(-c2nccs2)ccc1Cl. The molecule has 0 saturated carbocycles. The minimum absolute atomic E-state index is 0.296. The zero-order chi connectivity index (χ0) is 10.8. The number of rotatable bonds is 2. The smallest absolute Gasteiger partial charge is 0.423 e. The highest BCUT2D eigenvalue weighted by molar-refractivity contribution is 7.13. The summed E-state index contributed by atoms with van der Waals surface area (Å²) in [4.78, 5) is 4.13. The van der Waals surface area contributed by atoms with E-state index in [2.05, 4.69) is 4.98 Å². The lowest BCUT2D eigenvalue weighted by Gasteiger charge is -2.04. The van der Waals surface area contributed by atoms with Gasteiger partial charge in [-0.3, -0.25) is 0 Å². The van der Waals surface area contributed by atoms with Gasteiger partial charge in [0.05, 0.1) is 0 Å². The molecule has 0 aliphatic rings. The second-order valence-electron chi connectivity index (χ2n) is 2.95. The van der Waals surface area contributed by atoms with Crippen LogP contribution in [-0.4, -0.2) is 22.2 Å². The van der Waals surface area contributed by atoms with Gasteiger partial charge in [0.15, 0.2) is 0 Å². The number of aromatic nitrogens is 1. The Labute approximate surface area is 96.1 Å². The maximum absolute atomic E-state index is 9.08. The molecule has 2 rings (SSSR count). The molecule has 15 heavy (non-hydrogen) atoms. The van der Waals surface area contributed by atoms with Crippen molar-refractivity contribution in [1.82, 2.24) is 4.98 Å². The van der Waals surface area contributed by atoms with Gasteiger partial charge in [0.2, 0.25) is 0 Å². The molecule has 0 radical (unpaired) electrons. The van der Waals surface area contributed by atoms with Gasteiger partial charge in [-0.05, 0) is 6.07 Å². The molecule has 0 aliphatic carbocycles. The van der Waals surface area contributed by atoms with Crippen LogP contribution in [0.15, 0.2) is 29.8 Å². The second-order valence-corrected chi connectivity index (χ2v) is 4.25.